The van der Waals surface area contributed by atoms with Gasteiger partial charge in [0, 0.05) is 28.9 Å². The van der Waals surface area contributed by atoms with Crippen molar-refractivity contribution < 1.29 is 9.59 Å². The Morgan fingerprint density at radius 1 is 1.13 bits per heavy atom. The average molecular weight is 481 g/mol. The van der Waals surface area contributed by atoms with Crippen LogP contribution in [0.15, 0.2) is 42.5 Å². The Morgan fingerprint density at radius 3 is 2.55 bits per heavy atom. The van der Waals surface area contributed by atoms with Gasteiger partial charge in [0.05, 0.1) is 5.75 Å². The number of amides is 2. The zero-order chi connectivity index (χ0) is 22.8. The van der Waals surface area contributed by atoms with Gasteiger partial charge in [0.2, 0.25) is 11.8 Å². The third kappa shape index (κ3) is 8.06. The molecular weight excluding hydrogens is 451 g/mol. The lowest BCUT2D eigenvalue weighted by Crippen LogP contribution is -2.48. The Bertz CT molecular complexity index is 892. The highest BCUT2D eigenvalue weighted by Gasteiger charge is 2.26. The number of carbonyl (C=O) groups excluding carboxylic acids is 2. The quantitative estimate of drug-likeness (QED) is 0.409. The molecule has 0 unspecified atom stereocenters. The van der Waals surface area contributed by atoms with Crippen LogP contribution in [0.1, 0.15) is 43.4 Å². The van der Waals surface area contributed by atoms with Gasteiger partial charge < -0.3 is 10.2 Å². The maximum Gasteiger partial charge on any atom is 0.242 e. The van der Waals surface area contributed by atoms with Gasteiger partial charge in [-0.25, -0.2) is 0 Å². The molecule has 0 bridgehead atoms. The third-order valence-corrected chi connectivity index (χ3v) is 6.65. The van der Waals surface area contributed by atoms with Gasteiger partial charge in [-0.2, -0.15) is 0 Å². The molecule has 0 fully saturated rings. The lowest BCUT2D eigenvalue weighted by atomic mass is 10.1. The van der Waals surface area contributed by atoms with E-state index in [1.807, 2.05) is 37.3 Å². The molecule has 2 amide bonds. The standard InChI is InChI=1S/C24H30Cl2N2O2S/c1-4-5-12-27-24(30)18(3)28(14-19-9-7-6-8-17(19)2)23(29)16-31-15-20-10-11-21(25)13-22(20)26/h6-11,13,18H,4-5,12,14-16H2,1-3H3,(H,27,30)/t18-/m1/s1. The van der Waals surface area contributed by atoms with Gasteiger partial charge in [-0.1, -0.05) is 66.9 Å². The van der Waals surface area contributed by atoms with E-state index < -0.39 is 6.04 Å². The largest absolute Gasteiger partial charge is 0.354 e. The Morgan fingerprint density at radius 2 is 1.87 bits per heavy atom. The Hall–Kier alpha value is -1.69. The smallest absolute Gasteiger partial charge is 0.242 e. The van der Waals surface area contributed by atoms with E-state index in [1.54, 1.807) is 24.0 Å². The minimum Gasteiger partial charge on any atom is -0.354 e. The van der Waals surface area contributed by atoms with Gasteiger partial charge in [-0.3, -0.25) is 9.59 Å². The number of benzene rings is 2. The highest BCUT2D eigenvalue weighted by molar-refractivity contribution is 7.99. The van der Waals surface area contributed by atoms with Crippen LogP contribution in [0.5, 0.6) is 0 Å². The molecule has 0 spiro atoms. The molecule has 168 valence electrons. The zero-order valence-corrected chi connectivity index (χ0v) is 20.6. The normalized spacial score (nSPS) is 11.8. The second kappa shape index (κ2) is 13.0. The van der Waals surface area contributed by atoms with Crippen molar-refractivity contribution in [2.24, 2.45) is 0 Å². The molecule has 2 rings (SSSR count). The van der Waals surface area contributed by atoms with Crippen molar-refractivity contribution in [3.63, 3.8) is 0 Å². The van der Waals surface area contributed by atoms with Crippen molar-refractivity contribution in [1.29, 1.82) is 0 Å². The van der Waals surface area contributed by atoms with Crippen LogP contribution >= 0.6 is 35.0 Å². The molecule has 2 aromatic carbocycles. The summed E-state index contributed by atoms with van der Waals surface area (Å²) in [5.74, 6) is 0.659. The minimum atomic E-state index is -0.552. The van der Waals surface area contributed by atoms with Gasteiger partial charge in [0.1, 0.15) is 6.04 Å². The molecule has 4 nitrogen and oxygen atoms in total. The third-order valence-electron chi connectivity index (χ3n) is 5.10. The molecule has 0 heterocycles. The van der Waals surface area contributed by atoms with Crippen LogP contribution in [0.2, 0.25) is 10.0 Å². The summed E-state index contributed by atoms with van der Waals surface area (Å²) in [5.41, 5.74) is 3.06. The summed E-state index contributed by atoms with van der Waals surface area (Å²) in [4.78, 5) is 27.5. The van der Waals surface area contributed by atoms with Crippen LogP contribution in [-0.4, -0.2) is 35.1 Å². The number of hydrogen-bond acceptors (Lipinski definition) is 3. The van der Waals surface area contributed by atoms with Crippen LogP contribution in [0.25, 0.3) is 0 Å². The number of aryl methyl sites for hydroxylation is 1. The maximum absolute atomic E-state index is 13.1. The van der Waals surface area contributed by atoms with Crippen molar-refractivity contribution in [1.82, 2.24) is 10.2 Å². The molecule has 0 aliphatic rings. The van der Waals surface area contributed by atoms with E-state index in [9.17, 15) is 9.59 Å². The van der Waals surface area contributed by atoms with E-state index in [-0.39, 0.29) is 17.6 Å². The van der Waals surface area contributed by atoms with Crippen LogP contribution in [0.3, 0.4) is 0 Å². The van der Waals surface area contributed by atoms with E-state index in [2.05, 4.69) is 12.2 Å². The van der Waals surface area contributed by atoms with E-state index in [1.165, 1.54) is 11.8 Å². The van der Waals surface area contributed by atoms with Gasteiger partial charge in [-0.15, -0.1) is 11.8 Å². The van der Waals surface area contributed by atoms with Crippen LogP contribution in [-0.2, 0) is 21.9 Å². The molecule has 2 aromatic rings. The SMILES string of the molecule is CCCCNC(=O)[C@@H](C)N(Cc1ccccc1C)C(=O)CSCc1ccc(Cl)cc1Cl. The van der Waals surface area contributed by atoms with Crippen molar-refractivity contribution in [2.45, 2.75) is 52.0 Å². The number of thioether (sulfide) groups is 1. The molecular formula is C24H30Cl2N2O2S. The second-order valence-corrected chi connectivity index (χ2v) is 9.33. The van der Waals surface area contributed by atoms with Gasteiger partial charge >= 0.3 is 0 Å². The monoisotopic (exact) mass is 480 g/mol. The van der Waals surface area contributed by atoms with E-state index in [0.717, 1.165) is 29.5 Å². The number of rotatable bonds is 11. The number of unbranched alkanes of at least 4 members (excludes halogenated alkanes) is 1. The predicted molar refractivity (Wildman–Crippen MR) is 132 cm³/mol. The fourth-order valence-electron chi connectivity index (χ4n) is 3.06. The highest BCUT2D eigenvalue weighted by Crippen LogP contribution is 2.25. The number of nitrogens with one attached hydrogen (secondary N) is 1. The summed E-state index contributed by atoms with van der Waals surface area (Å²) in [6.07, 6.45) is 1.92. The predicted octanol–water partition coefficient (Wildman–Crippen LogP) is 5.87. The van der Waals surface area contributed by atoms with Crippen molar-refractivity contribution in [3.05, 3.63) is 69.2 Å². The summed E-state index contributed by atoms with van der Waals surface area (Å²) < 4.78 is 0. The Labute approximate surface area is 199 Å². The number of halogens is 2. The Balaban J connectivity index is 2.07. The van der Waals surface area contributed by atoms with E-state index >= 15 is 0 Å². The fraction of sp³-hybridized carbons (Fsp3) is 0.417. The lowest BCUT2D eigenvalue weighted by molar-refractivity contribution is -0.138. The van der Waals surface area contributed by atoms with Gasteiger partial charge in [0.25, 0.3) is 0 Å². The summed E-state index contributed by atoms with van der Waals surface area (Å²) in [5, 5.41) is 4.12. The number of hydrogen-bond donors (Lipinski definition) is 1. The van der Waals surface area contributed by atoms with Crippen LogP contribution < -0.4 is 5.32 Å². The average Bonchev–Trinajstić information content (AvgIpc) is 2.74. The second-order valence-electron chi connectivity index (χ2n) is 7.50. The van der Waals surface area contributed by atoms with Crippen molar-refractivity contribution >= 4 is 46.8 Å². The van der Waals surface area contributed by atoms with E-state index in [0.29, 0.717) is 28.9 Å². The molecule has 0 aliphatic heterocycles. The zero-order valence-electron chi connectivity index (χ0n) is 18.3. The minimum absolute atomic E-state index is 0.0727. The topological polar surface area (TPSA) is 49.4 Å². The first-order chi connectivity index (χ1) is 14.8. The van der Waals surface area contributed by atoms with Crippen molar-refractivity contribution in [3.8, 4) is 0 Å². The van der Waals surface area contributed by atoms with Gasteiger partial charge in [0.15, 0.2) is 0 Å². The summed E-state index contributed by atoms with van der Waals surface area (Å²) >= 11 is 13.7. The molecule has 31 heavy (non-hydrogen) atoms. The summed E-state index contributed by atoms with van der Waals surface area (Å²) in [6, 6.07) is 12.7. The first-order valence-corrected chi connectivity index (χ1v) is 12.4. The summed E-state index contributed by atoms with van der Waals surface area (Å²) in [7, 11) is 0. The fourth-order valence-corrected chi connectivity index (χ4v) is 4.53. The molecule has 1 N–H and O–H groups in total. The molecule has 0 saturated carbocycles. The number of carbonyl (C=O) groups is 2. The highest BCUT2D eigenvalue weighted by atomic mass is 35.5. The molecule has 0 aliphatic carbocycles. The maximum atomic E-state index is 13.1. The van der Waals surface area contributed by atoms with E-state index in [4.69, 9.17) is 23.2 Å². The molecule has 0 saturated heterocycles. The molecule has 0 aromatic heterocycles. The van der Waals surface area contributed by atoms with Gasteiger partial charge in [-0.05, 0) is 49.1 Å². The first-order valence-electron chi connectivity index (χ1n) is 10.5. The number of nitrogens with zero attached hydrogens (tertiary/aromatic N) is 1. The lowest BCUT2D eigenvalue weighted by Gasteiger charge is -2.29. The van der Waals surface area contributed by atoms with Crippen molar-refractivity contribution in [2.75, 3.05) is 12.3 Å². The molecule has 1 atom stereocenters. The molecule has 7 heteroatoms. The van der Waals surface area contributed by atoms with Crippen LogP contribution in [0.4, 0.5) is 0 Å². The molecule has 0 radical (unpaired) electrons. The van der Waals surface area contributed by atoms with Crippen LogP contribution in [0, 0.1) is 6.92 Å². The first kappa shape index (κ1) is 25.6. The summed E-state index contributed by atoms with van der Waals surface area (Å²) in [6.45, 7) is 6.90. The Kier molecular flexibility index (Phi) is 10.7.